The summed E-state index contributed by atoms with van der Waals surface area (Å²) in [6.07, 6.45) is 7.12. The van der Waals surface area contributed by atoms with E-state index in [1.807, 2.05) is 6.07 Å². The van der Waals surface area contributed by atoms with Crippen molar-refractivity contribution in [3.05, 3.63) is 46.3 Å². The Kier molecular flexibility index (Phi) is 14.2. The smallest absolute Gasteiger partial charge is 0.313 e. The van der Waals surface area contributed by atoms with Gasteiger partial charge in [0.2, 0.25) is 0 Å². The zero-order valence-corrected chi connectivity index (χ0v) is 34.6. The Morgan fingerprint density at radius 3 is 2.35 bits per heavy atom. The van der Waals surface area contributed by atoms with Crippen LogP contribution in [0.1, 0.15) is 65.7 Å². The number of fused-ring (bicyclic) bond motifs is 1. The zero-order valence-electron chi connectivity index (χ0n) is 29.4. The highest BCUT2D eigenvalue weighted by molar-refractivity contribution is 8.01. The van der Waals surface area contributed by atoms with Crippen molar-refractivity contribution in [3.63, 3.8) is 0 Å². The SMILES string of the molecule is CC(C)(C)[Si](C)(C)OC(/C=C/C1[C@H](O[Si](C)(C)C(C)(C)C)CC(=O)[C@@H]1SCCCSCC(=O)O)CCc1sc2ccccc2c1Cl. The van der Waals surface area contributed by atoms with Crippen molar-refractivity contribution >= 4 is 84.9 Å². The lowest BCUT2D eigenvalue weighted by Crippen LogP contribution is -2.45. The molecule has 0 radical (unpaired) electrons. The van der Waals surface area contributed by atoms with Gasteiger partial charge in [0.15, 0.2) is 16.6 Å². The van der Waals surface area contributed by atoms with Crippen molar-refractivity contribution in [1.82, 2.24) is 0 Å². The number of aryl methyl sites for hydroxylation is 1. The normalized spacial score (nSPS) is 20.7. The molecular formula is C35H55ClO5S3Si2. The monoisotopic (exact) mass is 742 g/mol. The molecule has 0 saturated heterocycles. The van der Waals surface area contributed by atoms with Gasteiger partial charge in [-0.3, -0.25) is 9.59 Å². The van der Waals surface area contributed by atoms with E-state index >= 15 is 0 Å². The number of aliphatic carboxylic acids is 1. The number of carbonyl (C=O) groups excluding carboxylic acids is 1. The maximum Gasteiger partial charge on any atom is 0.313 e. The molecule has 1 heterocycles. The number of thioether (sulfide) groups is 2. The zero-order chi connectivity index (χ0) is 34.5. The Labute approximate surface area is 297 Å². The van der Waals surface area contributed by atoms with Gasteiger partial charge in [0.25, 0.3) is 0 Å². The van der Waals surface area contributed by atoms with Gasteiger partial charge in [-0.2, -0.15) is 11.8 Å². The van der Waals surface area contributed by atoms with Crippen LogP contribution in [0.15, 0.2) is 36.4 Å². The van der Waals surface area contributed by atoms with E-state index in [-0.39, 0.29) is 45.0 Å². The summed E-state index contributed by atoms with van der Waals surface area (Å²) in [6, 6.07) is 8.30. The lowest BCUT2D eigenvalue weighted by Gasteiger charge is -2.40. The highest BCUT2D eigenvalue weighted by atomic mass is 35.5. The molecule has 258 valence electrons. The number of Topliss-reactive ketones (excluding diaryl/α,β-unsaturated/α-hetero) is 1. The Balaban J connectivity index is 1.88. The fraction of sp³-hybridized carbons (Fsp3) is 0.657. The number of benzene rings is 1. The minimum atomic E-state index is -2.12. The average Bonchev–Trinajstić information content (AvgIpc) is 3.40. The van der Waals surface area contributed by atoms with Gasteiger partial charge in [0.05, 0.1) is 28.2 Å². The van der Waals surface area contributed by atoms with E-state index in [1.54, 1.807) is 23.1 Å². The molecule has 0 aliphatic heterocycles. The number of hydrogen-bond acceptors (Lipinski definition) is 7. The molecule has 1 N–H and O–H groups in total. The molecule has 3 rings (SSSR count). The summed E-state index contributed by atoms with van der Waals surface area (Å²) in [5, 5.41) is 10.8. The number of carbonyl (C=O) groups is 2. The Morgan fingerprint density at radius 2 is 1.74 bits per heavy atom. The molecule has 1 aromatic carbocycles. The third-order valence-electron chi connectivity index (χ3n) is 9.76. The molecular weight excluding hydrogens is 688 g/mol. The predicted molar refractivity (Wildman–Crippen MR) is 207 cm³/mol. The van der Waals surface area contributed by atoms with E-state index in [4.69, 9.17) is 25.6 Å². The molecule has 0 bridgehead atoms. The number of carboxylic acid groups (broad SMARTS) is 1. The Bertz CT molecular complexity index is 1360. The van der Waals surface area contributed by atoms with Crippen molar-refractivity contribution < 1.29 is 23.5 Å². The first-order valence-electron chi connectivity index (χ1n) is 16.4. The lowest BCUT2D eigenvalue weighted by atomic mass is 10.0. The Hall–Kier alpha value is -0.596. The number of thiophene rings is 1. The van der Waals surface area contributed by atoms with Gasteiger partial charge >= 0.3 is 5.97 Å². The summed E-state index contributed by atoms with van der Waals surface area (Å²) in [6.45, 7) is 22.6. The summed E-state index contributed by atoms with van der Waals surface area (Å²) in [5.41, 5.74) is 0. The molecule has 2 unspecified atom stereocenters. The average molecular weight is 744 g/mol. The molecule has 1 saturated carbocycles. The van der Waals surface area contributed by atoms with Crippen molar-refractivity contribution in [2.45, 2.75) is 121 Å². The molecule has 1 aliphatic rings. The van der Waals surface area contributed by atoms with Crippen molar-refractivity contribution in [2.24, 2.45) is 5.92 Å². The van der Waals surface area contributed by atoms with Gasteiger partial charge in [-0.05, 0) is 73.1 Å². The van der Waals surface area contributed by atoms with Gasteiger partial charge < -0.3 is 14.0 Å². The van der Waals surface area contributed by atoms with Crippen molar-refractivity contribution in [1.29, 1.82) is 0 Å². The fourth-order valence-electron chi connectivity index (χ4n) is 5.00. The number of hydrogen-bond donors (Lipinski definition) is 1. The van der Waals surface area contributed by atoms with Crippen molar-refractivity contribution in [3.8, 4) is 0 Å². The summed E-state index contributed by atoms with van der Waals surface area (Å²) >= 11 is 11.7. The van der Waals surface area contributed by atoms with Gasteiger partial charge in [0.1, 0.15) is 5.78 Å². The van der Waals surface area contributed by atoms with E-state index < -0.39 is 22.6 Å². The van der Waals surface area contributed by atoms with Crippen LogP contribution in [-0.4, -0.2) is 68.2 Å². The lowest BCUT2D eigenvalue weighted by molar-refractivity contribution is -0.133. The van der Waals surface area contributed by atoms with Crippen LogP contribution in [0.25, 0.3) is 10.1 Å². The summed E-state index contributed by atoms with van der Waals surface area (Å²) in [7, 11) is -4.23. The van der Waals surface area contributed by atoms with E-state index in [2.05, 4.69) is 98.1 Å². The number of rotatable bonds is 16. The van der Waals surface area contributed by atoms with Crippen LogP contribution in [0, 0.1) is 5.92 Å². The summed E-state index contributed by atoms with van der Waals surface area (Å²) < 4.78 is 15.2. The molecule has 11 heteroatoms. The highest BCUT2D eigenvalue weighted by Crippen LogP contribution is 2.44. The summed E-state index contributed by atoms with van der Waals surface area (Å²) in [4.78, 5) is 25.6. The molecule has 1 fully saturated rings. The molecule has 5 nitrogen and oxygen atoms in total. The molecule has 1 aliphatic carbocycles. The maximum atomic E-state index is 13.5. The van der Waals surface area contributed by atoms with E-state index in [9.17, 15) is 9.59 Å². The molecule has 4 atom stereocenters. The van der Waals surface area contributed by atoms with Gasteiger partial charge in [-0.15, -0.1) is 23.1 Å². The van der Waals surface area contributed by atoms with E-state index in [0.717, 1.165) is 41.2 Å². The van der Waals surface area contributed by atoms with Crippen LogP contribution in [0.4, 0.5) is 0 Å². The first kappa shape index (κ1) is 39.8. The molecule has 2 aromatic rings. The predicted octanol–water partition coefficient (Wildman–Crippen LogP) is 10.7. The minimum Gasteiger partial charge on any atom is -0.481 e. The van der Waals surface area contributed by atoms with Crippen molar-refractivity contribution in [2.75, 3.05) is 17.3 Å². The third-order valence-corrected chi connectivity index (χ3v) is 23.0. The van der Waals surface area contributed by atoms with Crippen LogP contribution in [0.5, 0.6) is 0 Å². The molecule has 0 spiro atoms. The van der Waals surface area contributed by atoms with Gasteiger partial charge in [-0.1, -0.05) is 83.5 Å². The number of carboxylic acids is 1. The number of halogens is 1. The molecule has 0 amide bonds. The van der Waals surface area contributed by atoms with Crippen LogP contribution >= 0.6 is 46.5 Å². The maximum absolute atomic E-state index is 13.5. The minimum absolute atomic E-state index is 0.0361. The number of ketones is 1. The van der Waals surface area contributed by atoms with Gasteiger partial charge in [0, 0.05) is 27.3 Å². The second-order valence-corrected chi connectivity index (χ2v) is 28.8. The fourth-order valence-corrected chi connectivity index (χ4v) is 11.4. The quantitative estimate of drug-likeness (QED) is 0.104. The Morgan fingerprint density at radius 1 is 1.09 bits per heavy atom. The van der Waals surface area contributed by atoms with Crippen LogP contribution in [-0.2, 0) is 24.9 Å². The summed E-state index contributed by atoms with van der Waals surface area (Å²) in [5.74, 6) is 1.12. The first-order chi connectivity index (χ1) is 21.2. The standard InChI is InChI=1S/C35H55ClO5S3Si2/c1-34(2,3)45(7,8)40-24(17-19-30-32(36)26-14-11-12-15-29(26)44-30)16-18-25-28(41-46(9,10)35(4,5)6)22-27(37)33(25)43-21-13-20-42-23-31(38)39/h11-12,14-16,18,24-25,28,33H,13,17,19-23H2,1-10H3,(H,38,39)/b18-16+/t24?,25?,28-,33-/m1/s1. The topological polar surface area (TPSA) is 72.8 Å². The first-order valence-corrected chi connectivity index (χ1v) is 25.6. The molecule has 1 aromatic heterocycles. The third kappa shape index (κ3) is 10.7. The van der Waals surface area contributed by atoms with Crippen LogP contribution < -0.4 is 0 Å². The van der Waals surface area contributed by atoms with Crippen LogP contribution in [0.2, 0.25) is 41.3 Å². The van der Waals surface area contributed by atoms with Gasteiger partial charge in [-0.25, -0.2) is 0 Å². The highest BCUT2D eigenvalue weighted by Gasteiger charge is 2.47. The largest absolute Gasteiger partial charge is 0.481 e. The van der Waals surface area contributed by atoms with E-state index in [1.165, 1.54) is 21.3 Å². The second kappa shape index (κ2) is 16.4. The van der Waals surface area contributed by atoms with E-state index in [0.29, 0.717) is 6.42 Å². The molecule has 46 heavy (non-hydrogen) atoms. The van der Waals surface area contributed by atoms with Crippen LogP contribution in [0.3, 0.4) is 0 Å². The second-order valence-electron chi connectivity index (χ2n) is 15.4.